The van der Waals surface area contributed by atoms with E-state index in [4.69, 9.17) is 0 Å². The molecule has 2 atom stereocenters. The zero-order valence-corrected chi connectivity index (χ0v) is 11.1. The van der Waals surface area contributed by atoms with Gasteiger partial charge in [-0.15, -0.1) is 0 Å². The van der Waals surface area contributed by atoms with Crippen molar-refractivity contribution in [2.24, 2.45) is 5.92 Å². The molecule has 1 saturated carbocycles. The topological polar surface area (TPSA) is 23.5 Å². The Morgan fingerprint density at radius 2 is 1.88 bits per heavy atom. The third-order valence-electron chi connectivity index (χ3n) is 3.81. The second kappa shape index (κ2) is 8.08. The van der Waals surface area contributed by atoms with Crippen molar-refractivity contribution in [3.63, 3.8) is 0 Å². The summed E-state index contributed by atoms with van der Waals surface area (Å²) in [6.45, 7) is 4.52. The minimum atomic E-state index is -0.0453. The molecule has 1 aliphatic carbocycles. The quantitative estimate of drug-likeness (QED) is 0.557. The van der Waals surface area contributed by atoms with E-state index < -0.39 is 0 Å². The number of nitrogens with zero attached hydrogens (tertiary/aromatic N) is 1. The highest BCUT2D eigenvalue weighted by atomic mass is 16.3. The van der Waals surface area contributed by atoms with E-state index in [0.29, 0.717) is 5.92 Å². The maximum absolute atomic E-state index is 10.0. The lowest BCUT2D eigenvalue weighted by molar-refractivity contribution is 0.0791. The van der Waals surface area contributed by atoms with Gasteiger partial charge >= 0.3 is 0 Å². The number of rotatable bonds is 6. The van der Waals surface area contributed by atoms with Crippen molar-refractivity contribution in [1.82, 2.24) is 4.90 Å². The Labute approximate surface area is 101 Å². The molecule has 0 heterocycles. The summed E-state index contributed by atoms with van der Waals surface area (Å²) in [6.07, 6.45) is 9.96. The Hall–Kier alpha value is -0.0800. The Kier molecular flexibility index (Phi) is 7.06. The zero-order valence-electron chi connectivity index (χ0n) is 11.1. The van der Waals surface area contributed by atoms with Crippen molar-refractivity contribution in [3.05, 3.63) is 0 Å². The Morgan fingerprint density at radius 3 is 2.62 bits per heavy atom. The van der Waals surface area contributed by atoms with Gasteiger partial charge in [0.1, 0.15) is 0 Å². The maximum Gasteiger partial charge on any atom is 0.0580 e. The van der Waals surface area contributed by atoms with Gasteiger partial charge in [0.2, 0.25) is 0 Å². The lowest BCUT2D eigenvalue weighted by Gasteiger charge is -2.26. The highest BCUT2D eigenvalue weighted by Crippen LogP contribution is 2.24. The van der Waals surface area contributed by atoms with Crippen molar-refractivity contribution >= 4 is 0 Å². The summed E-state index contributed by atoms with van der Waals surface area (Å²) in [5, 5.41) is 10.0. The van der Waals surface area contributed by atoms with Gasteiger partial charge in [-0.1, -0.05) is 39.0 Å². The number of aliphatic hydroxyl groups excluding tert-OH is 1. The SMILES string of the molecule is CCCCCN(C)CC1CCCCCC1O. The Morgan fingerprint density at radius 1 is 1.12 bits per heavy atom. The molecule has 0 amide bonds. The molecular formula is C14H29NO. The summed E-state index contributed by atoms with van der Waals surface area (Å²) in [5.41, 5.74) is 0. The summed E-state index contributed by atoms with van der Waals surface area (Å²) in [5.74, 6) is 0.522. The molecule has 1 rings (SSSR count). The zero-order chi connectivity index (χ0) is 11.8. The Bertz CT molecular complexity index is 172. The molecule has 1 N–H and O–H groups in total. The van der Waals surface area contributed by atoms with Crippen molar-refractivity contribution in [2.45, 2.75) is 64.4 Å². The van der Waals surface area contributed by atoms with Crippen molar-refractivity contribution < 1.29 is 5.11 Å². The maximum atomic E-state index is 10.0. The average molecular weight is 227 g/mol. The Balaban J connectivity index is 2.22. The molecule has 16 heavy (non-hydrogen) atoms. The first-order valence-corrected chi connectivity index (χ1v) is 7.10. The van der Waals surface area contributed by atoms with E-state index in [1.807, 2.05) is 0 Å². The summed E-state index contributed by atoms with van der Waals surface area (Å²) in [4.78, 5) is 2.41. The number of hydrogen-bond donors (Lipinski definition) is 1. The van der Waals surface area contributed by atoms with Gasteiger partial charge in [-0.25, -0.2) is 0 Å². The van der Waals surface area contributed by atoms with Crippen LogP contribution in [0, 0.1) is 5.92 Å². The third-order valence-corrected chi connectivity index (χ3v) is 3.81. The first-order valence-electron chi connectivity index (χ1n) is 7.10. The normalized spacial score (nSPS) is 27.0. The van der Waals surface area contributed by atoms with E-state index >= 15 is 0 Å². The minimum absolute atomic E-state index is 0.0453. The molecule has 96 valence electrons. The van der Waals surface area contributed by atoms with Crippen molar-refractivity contribution in [1.29, 1.82) is 0 Å². The van der Waals surface area contributed by atoms with Gasteiger partial charge < -0.3 is 10.0 Å². The summed E-state index contributed by atoms with van der Waals surface area (Å²) in [7, 11) is 2.20. The molecule has 0 spiro atoms. The first-order chi connectivity index (χ1) is 7.74. The molecule has 1 fully saturated rings. The van der Waals surface area contributed by atoms with Gasteiger partial charge in [-0.2, -0.15) is 0 Å². The smallest absolute Gasteiger partial charge is 0.0580 e. The predicted molar refractivity (Wildman–Crippen MR) is 69.6 cm³/mol. The van der Waals surface area contributed by atoms with E-state index in [9.17, 15) is 5.11 Å². The van der Waals surface area contributed by atoms with Gasteiger partial charge in [-0.3, -0.25) is 0 Å². The lowest BCUT2D eigenvalue weighted by atomic mass is 9.97. The highest BCUT2D eigenvalue weighted by Gasteiger charge is 2.22. The van der Waals surface area contributed by atoms with E-state index in [-0.39, 0.29) is 6.10 Å². The largest absolute Gasteiger partial charge is 0.393 e. The van der Waals surface area contributed by atoms with Crippen LogP contribution in [-0.4, -0.2) is 36.2 Å². The molecular weight excluding hydrogens is 198 g/mol. The van der Waals surface area contributed by atoms with E-state index in [1.54, 1.807) is 0 Å². The number of hydrogen-bond acceptors (Lipinski definition) is 2. The fraction of sp³-hybridized carbons (Fsp3) is 1.00. The molecule has 0 bridgehead atoms. The standard InChI is InChI=1S/C14H29NO/c1-3-4-8-11-15(2)12-13-9-6-5-7-10-14(13)16/h13-14,16H,3-12H2,1-2H3. The molecule has 0 aromatic rings. The average Bonchev–Trinajstić information content (AvgIpc) is 2.45. The fourth-order valence-corrected chi connectivity index (χ4v) is 2.70. The molecule has 2 heteroatoms. The summed E-state index contributed by atoms with van der Waals surface area (Å²) < 4.78 is 0. The second-order valence-corrected chi connectivity index (χ2v) is 5.43. The van der Waals surface area contributed by atoms with Gasteiger partial charge in [-0.05, 0) is 38.8 Å². The number of aliphatic hydroxyl groups is 1. The van der Waals surface area contributed by atoms with Crippen LogP contribution in [0.2, 0.25) is 0 Å². The molecule has 2 nitrogen and oxygen atoms in total. The van der Waals surface area contributed by atoms with Crippen LogP contribution in [0.4, 0.5) is 0 Å². The van der Waals surface area contributed by atoms with Crippen molar-refractivity contribution in [3.8, 4) is 0 Å². The van der Waals surface area contributed by atoms with Crippen LogP contribution in [0.1, 0.15) is 58.3 Å². The molecule has 1 aliphatic rings. The molecule has 0 aromatic heterocycles. The third kappa shape index (κ3) is 5.31. The van der Waals surface area contributed by atoms with Gasteiger partial charge in [0.25, 0.3) is 0 Å². The molecule has 0 aliphatic heterocycles. The first kappa shape index (κ1) is 14.0. The molecule has 2 unspecified atom stereocenters. The van der Waals surface area contributed by atoms with E-state index in [1.165, 1.54) is 51.5 Å². The second-order valence-electron chi connectivity index (χ2n) is 5.43. The predicted octanol–water partition coefficient (Wildman–Crippen LogP) is 3.05. The van der Waals surface area contributed by atoms with Crippen LogP contribution in [0.3, 0.4) is 0 Å². The lowest BCUT2D eigenvalue weighted by Crippen LogP contribution is -2.32. The summed E-state index contributed by atoms with van der Waals surface area (Å²) >= 11 is 0. The summed E-state index contributed by atoms with van der Waals surface area (Å²) in [6, 6.07) is 0. The number of unbranched alkanes of at least 4 members (excludes halogenated alkanes) is 2. The van der Waals surface area contributed by atoms with Crippen molar-refractivity contribution in [2.75, 3.05) is 20.1 Å². The fourth-order valence-electron chi connectivity index (χ4n) is 2.70. The van der Waals surface area contributed by atoms with Crippen LogP contribution >= 0.6 is 0 Å². The van der Waals surface area contributed by atoms with Crippen LogP contribution in [-0.2, 0) is 0 Å². The van der Waals surface area contributed by atoms with Gasteiger partial charge in [0.15, 0.2) is 0 Å². The van der Waals surface area contributed by atoms with Crippen LogP contribution in [0.15, 0.2) is 0 Å². The minimum Gasteiger partial charge on any atom is -0.393 e. The highest BCUT2D eigenvalue weighted by molar-refractivity contribution is 4.75. The molecule has 0 saturated heterocycles. The van der Waals surface area contributed by atoms with E-state index in [2.05, 4.69) is 18.9 Å². The van der Waals surface area contributed by atoms with Crippen LogP contribution < -0.4 is 0 Å². The van der Waals surface area contributed by atoms with Gasteiger partial charge in [0.05, 0.1) is 6.10 Å². The monoisotopic (exact) mass is 227 g/mol. The van der Waals surface area contributed by atoms with Crippen LogP contribution in [0.5, 0.6) is 0 Å². The van der Waals surface area contributed by atoms with Gasteiger partial charge in [0, 0.05) is 6.54 Å². The molecule has 0 aromatic carbocycles. The van der Waals surface area contributed by atoms with E-state index in [0.717, 1.165) is 13.0 Å². The molecule has 0 radical (unpaired) electrons. The van der Waals surface area contributed by atoms with Crippen LogP contribution in [0.25, 0.3) is 0 Å².